The molecule has 0 aliphatic carbocycles. The van der Waals surface area contributed by atoms with Crippen molar-refractivity contribution in [2.75, 3.05) is 31.6 Å². The maximum Gasteiger partial charge on any atom is 0.262 e. The van der Waals surface area contributed by atoms with Crippen molar-refractivity contribution in [1.82, 2.24) is 4.31 Å². The Morgan fingerprint density at radius 1 is 0.933 bits per heavy atom. The summed E-state index contributed by atoms with van der Waals surface area (Å²) in [5, 5.41) is 0. The molecule has 0 spiro atoms. The van der Waals surface area contributed by atoms with Gasteiger partial charge in [0.25, 0.3) is 5.91 Å². The number of hydrogen-bond acceptors (Lipinski definition) is 4. The minimum atomic E-state index is -3.65. The molecule has 6 nitrogen and oxygen atoms in total. The van der Waals surface area contributed by atoms with E-state index in [1.165, 1.54) is 13.2 Å². The van der Waals surface area contributed by atoms with Crippen LogP contribution in [0.1, 0.15) is 48.0 Å². The number of ether oxygens (including phenoxy) is 1. The Balaban J connectivity index is 1.71. The van der Waals surface area contributed by atoms with Crippen LogP contribution in [0.3, 0.4) is 0 Å². The highest BCUT2D eigenvalue weighted by molar-refractivity contribution is 7.89. The molecule has 0 aromatic heterocycles. The minimum absolute atomic E-state index is 0.152. The van der Waals surface area contributed by atoms with Crippen molar-refractivity contribution in [3.05, 3.63) is 53.6 Å². The molecule has 7 heteroatoms. The lowest BCUT2D eigenvalue weighted by molar-refractivity contribution is 0.0982. The fourth-order valence-electron chi connectivity index (χ4n) is 4.34. The maximum atomic E-state index is 13.5. The molecular weight excluding hydrogens is 400 g/mol. The van der Waals surface area contributed by atoms with Crippen molar-refractivity contribution < 1.29 is 17.9 Å². The third-order valence-electron chi connectivity index (χ3n) is 5.96. The van der Waals surface area contributed by atoms with Crippen molar-refractivity contribution in [2.24, 2.45) is 0 Å². The molecular formula is C23H28N2O4S. The molecule has 30 heavy (non-hydrogen) atoms. The number of aryl methyl sites for hydroxylation is 1. The normalized spacial score (nSPS) is 17.8. The fraction of sp³-hybridized carbons (Fsp3) is 0.435. The standard InChI is InChI=1S/C23H28N2O4S/c1-29-22-13-12-19(30(27,28)24-14-6-2-3-7-15-24)17-20(22)23(26)25-16-8-10-18-9-4-5-11-21(18)25/h4-5,9,11-13,17H,2-3,6-8,10,14-16H2,1H3. The van der Waals surface area contributed by atoms with Gasteiger partial charge in [-0.3, -0.25) is 4.79 Å². The highest BCUT2D eigenvalue weighted by Crippen LogP contribution is 2.32. The highest BCUT2D eigenvalue weighted by atomic mass is 32.2. The van der Waals surface area contributed by atoms with Crippen molar-refractivity contribution in [3.8, 4) is 5.75 Å². The Bertz CT molecular complexity index is 1030. The van der Waals surface area contributed by atoms with E-state index in [-0.39, 0.29) is 16.4 Å². The van der Waals surface area contributed by atoms with E-state index in [4.69, 9.17) is 4.74 Å². The molecule has 4 rings (SSSR count). The van der Waals surface area contributed by atoms with Gasteiger partial charge in [-0.25, -0.2) is 8.42 Å². The first-order chi connectivity index (χ1) is 14.5. The van der Waals surface area contributed by atoms with E-state index in [1.807, 2.05) is 24.3 Å². The lowest BCUT2D eigenvalue weighted by Crippen LogP contribution is -2.36. The van der Waals surface area contributed by atoms with E-state index in [1.54, 1.807) is 21.3 Å². The van der Waals surface area contributed by atoms with Crippen molar-refractivity contribution >= 4 is 21.6 Å². The summed E-state index contributed by atoms with van der Waals surface area (Å²) in [5.41, 5.74) is 2.30. The molecule has 0 unspecified atom stereocenters. The molecule has 0 saturated carbocycles. The summed E-state index contributed by atoms with van der Waals surface area (Å²) in [4.78, 5) is 15.4. The molecule has 1 saturated heterocycles. The first kappa shape index (κ1) is 20.9. The molecule has 2 heterocycles. The zero-order valence-corrected chi connectivity index (χ0v) is 18.2. The molecule has 160 valence electrons. The van der Waals surface area contributed by atoms with Crippen LogP contribution in [-0.2, 0) is 16.4 Å². The van der Waals surface area contributed by atoms with Crippen LogP contribution >= 0.6 is 0 Å². The first-order valence-electron chi connectivity index (χ1n) is 10.6. The smallest absolute Gasteiger partial charge is 0.262 e. The van der Waals surface area contributed by atoms with E-state index in [0.29, 0.717) is 25.4 Å². The van der Waals surface area contributed by atoms with Crippen LogP contribution in [0.15, 0.2) is 47.4 Å². The van der Waals surface area contributed by atoms with E-state index in [9.17, 15) is 13.2 Å². The van der Waals surface area contributed by atoms with E-state index >= 15 is 0 Å². The predicted octanol–water partition coefficient (Wildman–Crippen LogP) is 3.85. The second kappa shape index (κ2) is 8.78. The predicted molar refractivity (Wildman–Crippen MR) is 117 cm³/mol. The Kier molecular flexibility index (Phi) is 6.11. The third-order valence-corrected chi connectivity index (χ3v) is 7.85. The van der Waals surface area contributed by atoms with Gasteiger partial charge in [-0.1, -0.05) is 31.0 Å². The van der Waals surface area contributed by atoms with Gasteiger partial charge in [-0.05, 0) is 55.5 Å². The van der Waals surface area contributed by atoms with Gasteiger partial charge in [0.2, 0.25) is 10.0 Å². The Hall–Kier alpha value is -2.38. The van der Waals surface area contributed by atoms with Crippen LogP contribution in [-0.4, -0.2) is 45.4 Å². The molecule has 2 aliphatic heterocycles. The van der Waals surface area contributed by atoms with Gasteiger partial charge >= 0.3 is 0 Å². The average Bonchev–Trinajstić information content (AvgIpc) is 3.08. The summed E-state index contributed by atoms with van der Waals surface area (Å²) in [7, 11) is -2.15. The minimum Gasteiger partial charge on any atom is -0.496 e. The number of amides is 1. The first-order valence-corrected chi connectivity index (χ1v) is 12.0. The third kappa shape index (κ3) is 3.96. The quantitative estimate of drug-likeness (QED) is 0.742. The average molecular weight is 429 g/mol. The summed E-state index contributed by atoms with van der Waals surface area (Å²) < 4.78 is 33.5. The van der Waals surface area contributed by atoms with Crippen LogP contribution in [0.4, 0.5) is 5.69 Å². The summed E-state index contributed by atoms with van der Waals surface area (Å²) in [6.45, 7) is 1.65. The number of anilines is 1. The van der Waals surface area contributed by atoms with E-state index in [0.717, 1.165) is 49.8 Å². The topological polar surface area (TPSA) is 66.9 Å². The van der Waals surface area contributed by atoms with Crippen LogP contribution in [0.5, 0.6) is 5.75 Å². The van der Waals surface area contributed by atoms with Crippen molar-refractivity contribution in [3.63, 3.8) is 0 Å². The molecule has 0 atom stereocenters. The van der Waals surface area contributed by atoms with Gasteiger partial charge < -0.3 is 9.64 Å². The van der Waals surface area contributed by atoms with Crippen LogP contribution < -0.4 is 9.64 Å². The number of nitrogens with zero attached hydrogens (tertiary/aromatic N) is 2. The largest absolute Gasteiger partial charge is 0.496 e. The van der Waals surface area contributed by atoms with Gasteiger partial charge in [-0.2, -0.15) is 4.31 Å². The molecule has 0 bridgehead atoms. The SMILES string of the molecule is COc1ccc(S(=O)(=O)N2CCCCCC2)cc1C(=O)N1CCCc2ccccc21. The zero-order valence-electron chi connectivity index (χ0n) is 17.3. The van der Waals surface area contributed by atoms with Crippen molar-refractivity contribution in [2.45, 2.75) is 43.4 Å². The summed E-state index contributed by atoms with van der Waals surface area (Å²) in [5.74, 6) is 0.157. The van der Waals surface area contributed by atoms with Crippen LogP contribution in [0.2, 0.25) is 0 Å². The summed E-state index contributed by atoms with van der Waals surface area (Å²) in [6, 6.07) is 12.5. The van der Waals surface area contributed by atoms with E-state index < -0.39 is 10.0 Å². The lowest BCUT2D eigenvalue weighted by Gasteiger charge is -2.30. The fourth-order valence-corrected chi connectivity index (χ4v) is 5.88. The molecule has 0 radical (unpaired) electrons. The lowest BCUT2D eigenvalue weighted by atomic mass is 10.0. The monoisotopic (exact) mass is 428 g/mol. The van der Waals surface area contributed by atoms with Gasteiger partial charge in [0.05, 0.1) is 17.6 Å². The molecule has 2 aromatic carbocycles. The number of para-hydroxylation sites is 1. The van der Waals surface area contributed by atoms with Crippen molar-refractivity contribution in [1.29, 1.82) is 0 Å². The van der Waals surface area contributed by atoms with Gasteiger partial charge in [0, 0.05) is 25.3 Å². The highest BCUT2D eigenvalue weighted by Gasteiger charge is 2.30. The van der Waals surface area contributed by atoms with Gasteiger partial charge in [0.15, 0.2) is 0 Å². The number of carbonyl (C=O) groups excluding carboxylic acids is 1. The maximum absolute atomic E-state index is 13.5. The number of hydrogen-bond donors (Lipinski definition) is 0. The molecule has 1 fully saturated rings. The molecule has 2 aromatic rings. The van der Waals surface area contributed by atoms with Gasteiger partial charge in [-0.15, -0.1) is 0 Å². The summed E-state index contributed by atoms with van der Waals surface area (Å²) >= 11 is 0. The number of sulfonamides is 1. The molecule has 0 N–H and O–H groups in total. The number of benzene rings is 2. The second-order valence-corrected chi connectivity index (χ2v) is 9.81. The molecule has 2 aliphatic rings. The Morgan fingerprint density at radius 2 is 1.67 bits per heavy atom. The summed E-state index contributed by atoms with van der Waals surface area (Å²) in [6.07, 6.45) is 5.63. The van der Waals surface area contributed by atoms with Crippen LogP contribution in [0, 0.1) is 0 Å². The number of carbonyl (C=O) groups is 1. The number of fused-ring (bicyclic) bond motifs is 1. The van der Waals surface area contributed by atoms with E-state index in [2.05, 4.69) is 0 Å². The molecule has 1 amide bonds. The number of rotatable bonds is 4. The van der Waals surface area contributed by atoms with Crippen LogP contribution in [0.25, 0.3) is 0 Å². The Morgan fingerprint density at radius 3 is 2.40 bits per heavy atom. The number of methoxy groups -OCH3 is 1. The zero-order chi connectivity index (χ0) is 21.1. The second-order valence-electron chi connectivity index (χ2n) is 7.87. The van der Waals surface area contributed by atoms with Gasteiger partial charge in [0.1, 0.15) is 5.75 Å². The Labute approximate surface area is 178 Å².